The van der Waals surface area contributed by atoms with Crippen LogP contribution in [-0.2, 0) is 13.5 Å². The minimum atomic E-state index is -0.155. The van der Waals surface area contributed by atoms with E-state index >= 15 is 0 Å². The van der Waals surface area contributed by atoms with Gasteiger partial charge >= 0.3 is 0 Å². The van der Waals surface area contributed by atoms with E-state index in [0.717, 1.165) is 11.5 Å². The Hall–Kier alpha value is -2.14. The van der Waals surface area contributed by atoms with Crippen LogP contribution in [0.1, 0.15) is 26.6 Å². The van der Waals surface area contributed by atoms with Gasteiger partial charge in [-0.15, -0.1) is 0 Å². The van der Waals surface area contributed by atoms with Crippen molar-refractivity contribution in [2.45, 2.75) is 27.2 Å². The summed E-state index contributed by atoms with van der Waals surface area (Å²) < 4.78 is 3.41. The maximum absolute atomic E-state index is 12.9. The molecule has 0 atom stereocenters. The van der Waals surface area contributed by atoms with Crippen molar-refractivity contribution in [3.63, 3.8) is 0 Å². The Morgan fingerprint density at radius 2 is 1.83 bits per heavy atom. The summed E-state index contributed by atoms with van der Waals surface area (Å²) in [5.41, 5.74) is 1.58. The van der Waals surface area contributed by atoms with Crippen LogP contribution in [0.5, 0.6) is 0 Å². The molecule has 1 aromatic carbocycles. The number of rotatable bonds is 2. The first-order valence-corrected chi connectivity index (χ1v) is 7.83. The summed E-state index contributed by atoms with van der Waals surface area (Å²) in [5, 5.41) is 0.631. The van der Waals surface area contributed by atoms with E-state index in [2.05, 4.69) is 25.8 Å². The van der Waals surface area contributed by atoms with Gasteiger partial charge in [0, 0.05) is 18.5 Å². The van der Waals surface area contributed by atoms with E-state index in [9.17, 15) is 4.79 Å². The predicted molar refractivity (Wildman–Crippen MR) is 92.3 cm³/mol. The second-order valence-corrected chi connectivity index (χ2v) is 7.35. The number of hydrogen-bond donors (Lipinski definition) is 0. The van der Waals surface area contributed by atoms with E-state index in [1.54, 1.807) is 27.6 Å². The smallest absolute Gasteiger partial charge is 0.286 e. The molecule has 0 aliphatic rings. The largest absolute Gasteiger partial charge is 0.318 e. The van der Waals surface area contributed by atoms with Crippen LogP contribution in [0.2, 0.25) is 5.02 Å². The van der Waals surface area contributed by atoms with Crippen LogP contribution < -0.4 is 5.56 Å². The van der Waals surface area contributed by atoms with Crippen molar-refractivity contribution in [2.75, 3.05) is 0 Å². The molecule has 0 unspecified atom stereocenters. The number of halogens is 1. The topological polar surface area (TPSA) is 52.7 Å². The Morgan fingerprint density at radius 3 is 2.43 bits per heavy atom. The molecule has 0 amide bonds. The molecule has 0 saturated heterocycles. The lowest BCUT2D eigenvalue weighted by Gasteiger charge is -2.20. The molecule has 120 valence electrons. The average molecular weight is 331 g/mol. The van der Waals surface area contributed by atoms with Gasteiger partial charge in [0.25, 0.3) is 5.56 Å². The number of hydrogen-bond acceptors (Lipinski definition) is 3. The predicted octanol–water partition coefficient (Wildman–Crippen LogP) is 3.36. The summed E-state index contributed by atoms with van der Waals surface area (Å²) in [5.74, 6) is 0.723. The van der Waals surface area contributed by atoms with Crippen molar-refractivity contribution >= 4 is 22.8 Å². The molecule has 0 aliphatic carbocycles. The van der Waals surface area contributed by atoms with Crippen LogP contribution in [0.25, 0.3) is 16.9 Å². The molecule has 0 bridgehead atoms. The molecule has 0 saturated carbocycles. The number of aromatic nitrogens is 4. The van der Waals surface area contributed by atoms with Gasteiger partial charge in [-0.05, 0) is 29.7 Å². The molecule has 0 aliphatic heterocycles. The molecule has 3 aromatic rings. The molecule has 0 N–H and O–H groups in total. The van der Waals surface area contributed by atoms with Crippen LogP contribution in [0.3, 0.4) is 0 Å². The first-order chi connectivity index (χ1) is 10.8. The van der Waals surface area contributed by atoms with E-state index < -0.39 is 0 Å². The van der Waals surface area contributed by atoms with Crippen molar-refractivity contribution in [2.24, 2.45) is 12.5 Å². The van der Waals surface area contributed by atoms with Crippen LogP contribution in [0, 0.1) is 5.41 Å². The minimum Gasteiger partial charge on any atom is -0.318 e. The fourth-order valence-corrected chi connectivity index (χ4v) is 2.68. The Morgan fingerprint density at radius 1 is 1.17 bits per heavy atom. The number of benzene rings is 1. The lowest BCUT2D eigenvalue weighted by Crippen LogP contribution is -2.27. The summed E-state index contributed by atoms with van der Waals surface area (Å²) in [6, 6.07) is 7.19. The SMILES string of the molecule is Cn1cnc2c(=O)n(-c3ccc(Cl)cc3)c(CC(C)(C)C)nc21. The average Bonchev–Trinajstić information content (AvgIpc) is 2.81. The van der Waals surface area contributed by atoms with Crippen LogP contribution in [-0.4, -0.2) is 19.1 Å². The van der Waals surface area contributed by atoms with Gasteiger partial charge in [-0.1, -0.05) is 32.4 Å². The summed E-state index contributed by atoms with van der Waals surface area (Å²) in [7, 11) is 1.84. The summed E-state index contributed by atoms with van der Waals surface area (Å²) in [6.07, 6.45) is 2.29. The molecule has 0 radical (unpaired) electrons. The zero-order chi connectivity index (χ0) is 16.8. The summed E-state index contributed by atoms with van der Waals surface area (Å²) >= 11 is 5.96. The van der Waals surface area contributed by atoms with Crippen molar-refractivity contribution in [3.05, 3.63) is 51.8 Å². The van der Waals surface area contributed by atoms with Gasteiger partial charge in [0.05, 0.1) is 12.0 Å². The molecular formula is C17H19ClN4O. The molecule has 5 nitrogen and oxygen atoms in total. The number of imidazole rings is 1. The van der Waals surface area contributed by atoms with Gasteiger partial charge in [-0.3, -0.25) is 9.36 Å². The molecule has 2 heterocycles. The lowest BCUT2D eigenvalue weighted by atomic mass is 9.92. The van der Waals surface area contributed by atoms with Gasteiger partial charge in [-0.2, -0.15) is 0 Å². The lowest BCUT2D eigenvalue weighted by molar-refractivity contribution is 0.396. The standard InChI is InChI=1S/C17H19ClN4O/c1-17(2,3)9-13-20-15-14(19-10-21(15)4)16(23)22(13)12-7-5-11(18)6-8-12/h5-8,10H,9H2,1-4H3. The fourth-order valence-electron chi connectivity index (χ4n) is 2.55. The van der Waals surface area contributed by atoms with Gasteiger partial charge in [-0.25, -0.2) is 9.97 Å². The molecule has 2 aromatic heterocycles. The molecule has 3 rings (SSSR count). The molecule has 6 heteroatoms. The van der Waals surface area contributed by atoms with E-state index in [4.69, 9.17) is 16.6 Å². The molecule has 0 fully saturated rings. The number of fused-ring (bicyclic) bond motifs is 1. The maximum Gasteiger partial charge on any atom is 0.286 e. The zero-order valence-electron chi connectivity index (χ0n) is 13.7. The second-order valence-electron chi connectivity index (χ2n) is 6.91. The van der Waals surface area contributed by atoms with Crippen molar-refractivity contribution < 1.29 is 0 Å². The van der Waals surface area contributed by atoms with Crippen LogP contribution >= 0.6 is 11.6 Å². The summed E-state index contributed by atoms with van der Waals surface area (Å²) in [4.78, 5) is 21.9. The van der Waals surface area contributed by atoms with Crippen molar-refractivity contribution in [1.29, 1.82) is 0 Å². The minimum absolute atomic E-state index is 0.000114. The monoisotopic (exact) mass is 330 g/mol. The van der Waals surface area contributed by atoms with Crippen molar-refractivity contribution in [3.8, 4) is 5.69 Å². The van der Waals surface area contributed by atoms with Gasteiger partial charge in [0.15, 0.2) is 11.2 Å². The molecular weight excluding hydrogens is 312 g/mol. The van der Waals surface area contributed by atoms with Gasteiger partial charge < -0.3 is 4.57 Å². The van der Waals surface area contributed by atoms with Gasteiger partial charge in [0.1, 0.15) is 5.82 Å². The van der Waals surface area contributed by atoms with Gasteiger partial charge in [0.2, 0.25) is 0 Å². The fraction of sp³-hybridized carbons (Fsp3) is 0.353. The van der Waals surface area contributed by atoms with Crippen LogP contribution in [0.4, 0.5) is 0 Å². The highest BCUT2D eigenvalue weighted by Gasteiger charge is 2.20. The highest BCUT2D eigenvalue weighted by Crippen LogP contribution is 2.22. The Labute approximate surface area is 139 Å². The third-order valence-corrected chi connectivity index (χ3v) is 3.83. The van der Waals surface area contributed by atoms with E-state index in [1.165, 1.54) is 0 Å². The third-order valence-electron chi connectivity index (χ3n) is 3.58. The highest BCUT2D eigenvalue weighted by atomic mass is 35.5. The van der Waals surface area contributed by atoms with E-state index in [0.29, 0.717) is 22.6 Å². The van der Waals surface area contributed by atoms with Crippen LogP contribution in [0.15, 0.2) is 35.4 Å². The van der Waals surface area contributed by atoms with E-state index in [1.807, 2.05) is 19.2 Å². The second kappa shape index (κ2) is 5.49. The highest BCUT2D eigenvalue weighted by molar-refractivity contribution is 6.30. The Balaban J connectivity index is 2.32. The van der Waals surface area contributed by atoms with Crippen molar-refractivity contribution in [1.82, 2.24) is 19.1 Å². The Kier molecular flexibility index (Phi) is 3.76. The quantitative estimate of drug-likeness (QED) is 0.724. The Bertz CT molecular complexity index is 917. The first kappa shape index (κ1) is 15.7. The third kappa shape index (κ3) is 3.01. The molecule has 23 heavy (non-hydrogen) atoms. The first-order valence-electron chi connectivity index (χ1n) is 7.45. The number of nitrogens with zero attached hydrogens (tertiary/aromatic N) is 4. The number of aryl methyl sites for hydroxylation is 1. The maximum atomic E-state index is 12.9. The normalized spacial score (nSPS) is 12.0. The summed E-state index contributed by atoms with van der Waals surface area (Å²) in [6.45, 7) is 6.37. The van der Waals surface area contributed by atoms with E-state index in [-0.39, 0.29) is 11.0 Å². The molecule has 0 spiro atoms. The zero-order valence-corrected chi connectivity index (χ0v) is 14.4.